The first-order chi connectivity index (χ1) is 15.3. The molecule has 2 aliphatic rings. The van der Waals surface area contributed by atoms with Gasteiger partial charge in [-0.2, -0.15) is 5.10 Å². The van der Waals surface area contributed by atoms with Crippen LogP contribution in [0.25, 0.3) is 0 Å². The molecule has 0 radical (unpaired) electrons. The van der Waals surface area contributed by atoms with Crippen LogP contribution in [0.2, 0.25) is 0 Å². The van der Waals surface area contributed by atoms with Crippen LogP contribution >= 0.6 is 0 Å². The van der Waals surface area contributed by atoms with Gasteiger partial charge in [0.2, 0.25) is 5.91 Å². The second-order valence-corrected chi connectivity index (χ2v) is 9.27. The van der Waals surface area contributed by atoms with Gasteiger partial charge in [-0.05, 0) is 50.7 Å². The molecule has 0 aliphatic carbocycles. The van der Waals surface area contributed by atoms with Crippen LogP contribution in [0.1, 0.15) is 41.5 Å². The van der Waals surface area contributed by atoms with Gasteiger partial charge in [0.1, 0.15) is 5.75 Å². The summed E-state index contributed by atoms with van der Waals surface area (Å²) < 4.78 is 7.85. The van der Waals surface area contributed by atoms with Crippen molar-refractivity contribution in [2.45, 2.75) is 33.6 Å². The van der Waals surface area contributed by atoms with Crippen molar-refractivity contribution in [2.75, 3.05) is 32.8 Å². The number of ether oxygens (including phenoxy) is 1. The summed E-state index contributed by atoms with van der Waals surface area (Å²) in [5.41, 5.74) is 2.45. The van der Waals surface area contributed by atoms with Gasteiger partial charge < -0.3 is 14.5 Å². The number of carbonyl (C=O) groups excluding carboxylic acids is 2. The van der Waals surface area contributed by atoms with E-state index < -0.39 is 0 Å². The minimum atomic E-state index is 0.0901. The maximum Gasteiger partial charge on any atom is 0.257 e. The highest BCUT2D eigenvalue weighted by molar-refractivity contribution is 5.96. The molecule has 32 heavy (non-hydrogen) atoms. The molecule has 7 nitrogen and oxygen atoms in total. The van der Waals surface area contributed by atoms with Crippen molar-refractivity contribution in [3.8, 4) is 5.75 Å². The summed E-state index contributed by atoms with van der Waals surface area (Å²) >= 11 is 0. The largest absolute Gasteiger partial charge is 0.493 e. The summed E-state index contributed by atoms with van der Waals surface area (Å²) in [5, 5.41) is 4.40. The Labute approximate surface area is 190 Å². The number of piperidine rings is 1. The van der Waals surface area contributed by atoms with Gasteiger partial charge >= 0.3 is 0 Å². The van der Waals surface area contributed by atoms with Crippen LogP contribution in [0.3, 0.4) is 0 Å². The summed E-state index contributed by atoms with van der Waals surface area (Å²) in [4.78, 5) is 29.2. The Hall–Kier alpha value is -2.83. The van der Waals surface area contributed by atoms with Crippen molar-refractivity contribution >= 4 is 11.8 Å². The summed E-state index contributed by atoms with van der Waals surface area (Å²) in [7, 11) is 1.88. The fourth-order valence-corrected chi connectivity index (χ4v) is 5.36. The van der Waals surface area contributed by atoms with E-state index in [-0.39, 0.29) is 11.8 Å². The summed E-state index contributed by atoms with van der Waals surface area (Å²) in [6.07, 6.45) is 1.92. The molecule has 2 amide bonds. The number of carbonyl (C=O) groups is 2. The lowest BCUT2D eigenvalue weighted by Crippen LogP contribution is -2.42. The first kappa shape index (κ1) is 22.4. The van der Waals surface area contributed by atoms with Crippen molar-refractivity contribution in [3.63, 3.8) is 0 Å². The number of hydrogen-bond donors (Lipinski definition) is 0. The lowest BCUT2D eigenvalue weighted by atomic mass is 9.78. The van der Waals surface area contributed by atoms with Crippen LogP contribution in [0, 0.1) is 31.6 Å². The Balaban J connectivity index is 1.40. The molecule has 4 rings (SSSR count). The highest BCUT2D eigenvalue weighted by atomic mass is 16.5. The minimum absolute atomic E-state index is 0.0901. The second-order valence-electron chi connectivity index (χ2n) is 9.27. The summed E-state index contributed by atoms with van der Waals surface area (Å²) in [6, 6.07) is 9.87. The molecule has 0 bridgehead atoms. The Morgan fingerprint density at radius 1 is 1.06 bits per heavy atom. The molecule has 0 saturated carbocycles. The van der Waals surface area contributed by atoms with Gasteiger partial charge in [0.05, 0.1) is 17.9 Å². The molecule has 172 valence electrons. The van der Waals surface area contributed by atoms with E-state index in [0.29, 0.717) is 24.4 Å². The SMILES string of the molecule is CC(=O)N1C[C@@H](COc2ccccc2)[C@H](C2CCN(C(=O)c3c(C)nn(C)c3C)CC2)C1. The highest BCUT2D eigenvalue weighted by Gasteiger charge is 2.41. The van der Waals surface area contributed by atoms with E-state index in [0.717, 1.165) is 61.7 Å². The number of aromatic nitrogens is 2. The van der Waals surface area contributed by atoms with E-state index in [1.165, 1.54) is 0 Å². The first-order valence-corrected chi connectivity index (χ1v) is 11.6. The Morgan fingerprint density at radius 2 is 1.75 bits per heavy atom. The standard InChI is InChI=1S/C25H34N4O3/c1-17-24(18(2)27(4)26-17)25(31)28-12-10-20(11-13-28)23-15-29(19(3)30)14-21(23)16-32-22-8-6-5-7-9-22/h5-9,20-21,23H,10-16H2,1-4H3/t21-,23-/m0/s1. The second kappa shape index (κ2) is 9.35. The lowest BCUT2D eigenvalue weighted by Gasteiger charge is -2.36. The van der Waals surface area contributed by atoms with Crippen LogP contribution in [-0.4, -0.2) is 64.2 Å². The van der Waals surface area contributed by atoms with Crippen LogP contribution < -0.4 is 4.74 Å². The molecule has 1 aromatic carbocycles. The summed E-state index contributed by atoms with van der Waals surface area (Å²) in [5.74, 6) is 2.30. The van der Waals surface area contributed by atoms with Crippen LogP contribution in [0.5, 0.6) is 5.75 Å². The zero-order valence-corrected chi connectivity index (χ0v) is 19.6. The van der Waals surface area contributed by atoms with Crippen LogP contribution in [-0.2, 0) is 11.8 Å². The van der Waals surface area contributed by atoms with Gasteiger partial charge in [-0.3, -0.25) is 14.3 Å². The molecule has 0 N–H and O–H groups in total. The Bertz CT molecular complexity index is 963. The maximum absolute atomic E-state index is 13.1. The molecule has 7 heteroatoms. The van der Waals surface area contributed by atoms with Crippen LogP contribution in [0.4, 0.5) is 0 Å². The number of benzene rings is 1. The molecule has 2 atom stereocenters. The normalized spacial score (nSPS) is 21.8. The van der Waals surface area contributed by atoms with E-state index in [1.807, 2.05) is 61.0 Å². The van der Waals surface area contributed by atoms with Gasteiger partial charge in [-0.15, -0.1) is 0 Å². The van der Waals surface area contributed by atoms with Crippen molar-refractivity contribution in [1.29, 1.82) is 0 Å². The first-order valence-electron chi connectivity index (χ1n) is 11.6. The minimum Gasteiger partial charge on any atom is -0.493 e. The van der Waals surface area contributed by atoms with Gasteiger partial charge in [-0.1, -0.05) is 18.2 Å². The third-order valence-corrected chi connectivity index (χ3v) is 7.30. The fraction of sp³-hybridized carbons (Fsp3) is 0.560. The van der Waals surface area contributed by atoms with E-state index in [9.17, 15) is 9.59 Å². The molecule has 2 aromatic rings. The average Bonchev–Trinajstić information content (AvgIpc) is 3.33. The van der Waals surface area contributed by atoms with Gasteiger partial charge in [-0.25, -0.2) is 0 Å². The predicted molar refractivity (Wildman–Crippen MR) is 122 cm³/mol. The van der Waals surface area contributed by atoms with Crippen molar-refractivity contribution in [3.05, 3.63) is 47.3 Å². The number of rotatable bonds is 5. The Kier molecular flexibility index (Phi) is 6.53. The highest BCUT2D eigenvalue weighted by Crippen LogP contribution is 2.36. The number of nitrogens with zero attached hydrogens (tertiary/aromatic N) is 4. The lowest BCUT2D eigenvalue weighted by molar-refractivity contribution is -0.128. The molecule has 1 aromatic heterocycles. The molecule has 3 heterocycles. The number of para-hydroxylation sites is 1. The average molecular weight is 439 g/mol. The molecule has 0 spiro atoms. The number of aryl methyl sites for hydroxylation is 2. The third kappa shape index (κ3) is 4.52. The summed E-state index contributed by atoms with van der Waals surface area (Å²) in [6.45, 7) is 9.16. The van der Waals surface area contributed by atoms with Crippen molar-refractivity contribution in [2.24, 2.45) is 24.8 Å². The molecule has 2 fully saturated rings. The molecular formula is C25H34N4O3. The number of amides is 2. The zero-order valence-electron chi connectivity index (χ0n) is 19.6. The maximum atomic E-state index is 13.1. The zero-order chi connectivity index (χ0) is 22.8. The van der Waals surface area contributed by atoms with Gasteiger partial charge in [0.15, 0.2) is 0 Å². The predicted octanol–water partition coefficient (Wildman–Crippen LogP) is 3.06. The quantitative estimate of drug-likeness (QED) is 0.720. The third-order valence-electron chi connectivity index (χ3n) is 7.30. The van der Waals surface area contributed by atoms with E-state index in [2.05, 4.69) is 5.10 Å². The number of likely N-dealkylation sites (tertiary alicyclic amines) is 2. The topological polar surface area (TPSA) is 67.7 Å². The monoisotopic (exact) mass is 438 g/mol. The number of hydrogen-bond acceptors (Lipinski definition) is 4. The molecule has 2 aliphatic heterocycles. The smallest absolute Gasteiger partial charge is 0.257 e. The van der Waals surface area contributed by atoms with E-state index in [4.69, 9.17) is 4.74 Å². The van der Waals surface area contributed by atoms with E-state index >= 15 is 0 Å². The van der Waals surface area contributed by atoms with Gasteiger partial charge in [0.25, 0.3) is 5.91 Å². The van der Waals surface area contributed by atoms with Crippen molar-refractivity contribution < 1.29 is 14.3 Å². The Morgan fingerprint density at radius 3 is 2.34 bits per heavy atom. The molecule has 0 unspecified atom stereocenters. The van der Waals surface area contributed by atoms with Crippen molar-refractivity contribution in [1.82, 2.24) is 19.6 Å². The van der Waals surface area contributed by atoms with E-state index in [1.54, 1.807) is 11.6 Å². The fourth-order valence-electron chi connectivity index (χ4n) is 5.36. The van der Waals surface area contributed by atoms with Crippen LogP contribution in [0.15, 0.2) is 30.3 Å². The molecular weight excluding hydrogens is 404 g/mol. The molecule has 2 saturated heterocycles. The van der Waals surface area contributed by atoms with Gasteiger partial charge in [0, 0.05) is 51.8 Å².